The van der Waals surface area contributed by atoms with Crippen LogP contribution in [0.1, 0.15) is 50.4 Å². The minimum absolute atomic E-state index is 0.0853. The number of rotatable bonds is 8. The van der Waals surface area contributed by atoms with Gasteiger partial charge in [-0.1, -0.05) is 32.9 Å². The third-order valence-corrected chi connectivity index (χ3v) is 8.81. The molecule has 1 aromatic rings. The number of methoxy groups -OCH3 is 1. The van der Waals surface area contributed by atoms with E-state index < -0.39 is 8.32 Å². The molecule has 0 fully saturated rings. The van der Waals surface area contributed by atoms with Crippen LogP contribution in [-0.2, 0) is 0 Å². The highest BCUT2D eigenvalue weighted by Crippen LogP contribution is 2.41. The molecule has 128 valence electrons. The van der Waals surface area contributed by atoms with Crippen LogP contribution in [0.25, 0.3) is 0 Å². The minimum atomic E-state index is -1.99. The van der Waals surface area contributed by atoms with E-state index in [9.17, 15) is 4.79 Å². The van der Waals surface area contributed by atoms with Crippen LogP contribution < -0.4 is 9.16 Å². The van der Waals surface area contributed by atoms with Crippen LogP contribution in [-0.4, -0.2) is 21.2 Å². The first-order valence-electron chi connectivity index (χ1n) is 8.14. The molecule has 0 N–H and O–H groups in total. The fraction of sp³-hybridized carbons (Fsp3) is 0.526. The lowest BCUT2D eigenvalue weighted by atomic mass is 10.0. The van der Waals surface area contributed by atoms with Gasteiger partial charge in [0, 0.05) is 6.42 Å². The van der Waals surface area contributed by atoms with E-state index in [4.69, 9.17) is 9.16 Å². The SMILES string of the molecule is C=CCCCC(=O)c1cccc(O[Si](C)(C)C(C)(C)C)c1OC. The fourth-order valence-electron chi connectivity index (χ4n) is 2.00. The second kappa shape index (κ2) is 7.82. The molecule has 23 heavy (non-hydrogen) atoms. The van der Waals surface area contributed by atoms with Crippen molar-refractivity contribution in [2.75, 3.05) is 7.11 Å². The smallest absolute Gasteiger partial charge is 0.250 e. The molecule has 0 unspecified atom stereocenters. The summed E-state index contributed by atoms with van der Waals surface area (Å²) in [6.07, 6.45) is 3.97. The number of allylic oxidation sites excluding steroid dienone is 1. The molecule has 0 radical (unpaired) electrons. The van der Waals surface area contributed by atoms with E-state index in [1.54, 1.807) is 7.11 Å². The molecule has 0 saturated carbocycles. The molecule has 1 rings (SSSR count). The number of ether oxygens (including phenoxy) is 1. The number of carbonyl (C=O) groups is 1. The highest BCUT2D eigenvalue weighted by molar-refractivity contribution is 6.74. The first-order chi connectivity index (χ1) is 10.6. The van der Waals surface area contributed by atoms with Crippen molar-refractivity contribution in [1.29, 1.82) is 0 Å². The topological polar surface area (TPSA) is 35.5 Å². The van der Waals surface area contributed by atoms with Gasteiger partial charge in [0.1, 0.15) is 5.75 Å². The van der Waals surface area contributed by atoms with Crippen LogP contribution >= 0.6 is 0 Å². The molecule has 0 aliphatic rings. The highest BCUT2D eigenvalue weighted by atomic mass is 28.4. The van der Waals surface area contributed by atoms with Crippen LogP contribution in [0.5, 0.6) is 11.5 Å². The van der Waals surface area contributed by atoms with Crippen LogP contribution in [0.15, 0.2) is 30.9 Å². The van der Waals surface area contributed by atoms with Crippen molar-refractivity contribution in [1.82, 2.24) is 0 Å². The molecule has 0 amide bonds. The Morgan fingerprint density at radius 2 is 1.96 bits per heavy atom. The minimum Gasteiger partial charge on any atom is -0.541 e. The lowest BCUT2D eigenvalue weighted by Crippen LogP contribution is -2.44. The summed E-state index contributed by atoms with van der Waals surface area (Å²) in [5.74, 6) is 1.32. The molecule has 4 heteroatoms. The predicted molar refractivity (Wildman–Crippen MR) is 99.2 cm³/mol. The van der Waals surface area contributed by atoms with Gasteiger partial charge in [-0.05, 0) is 43.1 Å². The second-order valence-corrected chi connectivity index (χ2v) is 12.0. The molecule has 0 aliphatic heterocycles. The molecule has 0 bridgehead atoms. The Hall–Kier alpha value is -1.55. The standard InChI is InChI=1S/C19H30O3Si/c1-8-9-10-13-16(20)15-12-11-14-17(18(15)21-5)22-23(6,7)19(2,3)4/h8,11-12,14H,1,9-10,13H2,2-7H3. The Kier molecular flexibility index (Phi) is 6.63. The maximum absolute atomic E-state index is 12.5. The molecule has 0 atom stereocenters. The summed E-state index contributed by atoms with van der Waals surface area (Å²) in [6.45, 7) is 14.6. The third-order valence-electron chi connectivity index (χ3n) is 4.47. The van der Waals surface area contributed by atoms with Gasteiger partial charge in [-0.2, -0.15) is 0 Å². The van der Waals surface area contributed by atoms with Crippen LogP contribution in [0.2, 0.25) is 18.1 Å². The lowest BCUT2D eigenvalue weighted by molar-refractivity contribution is 0.0977. The molecule has 0 aliphatic carbocycles. The molecule has 0 saturated heterocycles. The monoisotopic (exact) mass is 334 g/mol. The van der Waals surface area contributed by atoms with E-state index in [1.165, 1.54) is 0 Å². The van der Waals surface area contributed by atoms with Gasteiger partial charge in [0.2, 0.25) is 0 Å². The molecule has 3 nitrogen and oxygen atoms in total. The third kappa shape index (κ3) is 4.96. The highest BCUT2D eigenvalue weighted by Gasteiger charge is 2.39. The van der Waals surface area contributed by atoms with Gasteiger partial charge in [-0.25, -0.2) is 0 Å². The molecular weight excluding hydrogens is 304 g/mol. The number of carbonyl (C=O) groups excluding carboxylic acids is 1. The normalized spacial score (nSPS) is 11.9. The van der Waals surface area contributed by atoms with Gasteiger partial charge in [0.05, 0.1) is 12.7 Å². The number of para-hydroxylation sites is 1. The van der Waals surface area contributed by atoms with E-state index >= 15 is 0 Å². The summed E-state index contributed by atoms with van der Waals surface area (Å²) in [5.41, 5.74) is 0.604. The summed E-state index contributed by atoms with van der Waals surface area (Å²) >= 11 is 0. The number of unbranched alkanes of at least 4 members (excludes halogenated alkanes) is 1. The van der Waals surface area contributed by atoms with Crippen molar-refractivity contribution in [3.63, 3.8) is 0 Å². The van der Waals surface area contributed by atoms with Gasteiger partial charge in [0.25, 0.3) is 8.32 Å². The average molecular weight is 335 g/mol. The van der Waals surface area contributed by atoms with Crippen LogP contribution in [0.3, 0.4) is 0 Å². The Bertz CT molecular complexity index is 556. The van der Waals surface area contributed by atoms with Gasteiger partial charge >= 0.3 is 0 Å². The number of benzene rings is 1. The van der Waals surface area contributed by atoms with E-state index in [0.29, 0.717) is 23.5 Å². The summed E-state index contributed by atoms with van der Waals surface area (Å²) < 4.78 is 11.9. The molecule has 0 heterocycles. The van der Waals surface area contributed by atoms with Crippen molar-refractivity contribution in [2.24, 2.45) is 0 Å². The van der Waals surface area contributed by atoms with Gasteiger partial charge in [-0.15, -0.1) is 6.58 Å². The second-order valence-electron chi connectivity index (χ2n) is 7.30. The molecule has 0 aromatic heterocycles. The summed E-state index contributed by atoms with van der Waals surface area (Å²) in [4.78, 5) is 12.5. The van der Waals surface area contributed by atoms with Crippen LogP contribution in [0.4, 0.5) is 0 Å². The number of hydrogen-bond donors (Lipinski definition) is 0. The van der Waals surface area contributed by atoms with E-state index in [2.05, 4.69) is 40.4 Å². The zero-order chi connectivity index (χ0) is 17.7. The van der Waals surface area contributed by atoms with Gasteiger partial charge in [0.15, 0.2) is 11.5 Å². The first-order valence-corrected chi connectivity index (χ1v) is 11.0. The summed E-state index contributed by atoms with van der Waals surface area (Å²) in [7, 11) is -0.395. The number of hydrogen-bond acceptors (Lipinski definition) is 3. The van der Waals surface area contributed by atoms with Crippen molar-refractivity contribution >= 4 is 14.1 Å². The molecule has 0 spiro atoms. The average Bonchev–Trinajstić information content (AvgIpc) is 2.45. The van der Waals surface area contributed by atoms with Crippen molar-refractivity contribution in [3.8, 4) is 11.5 Å². The Balaban J connectivity index is 3.09. The van der Waals surface area contributed by atoms with Crippen molar-refractivity contribution in [2.45, 2.75) is 58.2 Å². The largest absolute Gasteiger partial charge is 0.541 e. The number of ketones is 1. The van der Waals surface area contributed by atoms with Crippen molar-refractivity contribution < 1.29 is 14.0 Å². The first kappa shape index (κ1) is 19.5. The van der Waals surface area contributed by atoms with Gasteiger partial charge in [-0.3, -0.25) is 4.79 Å². The van der Waals surface area contributed by atoms with E-state index in [-0.39, 0.29) is 10.8 Å². The lowest BCUT2D eigenvalue weighted by Gasteiger charge is -2.36. The summed E-state index contributed by atoms with van der Waals surface area (Å²) in [5, 5.41) is 0.0853. The fourth-order valence-corrected chi connectivity index (χ4v) is 3.01. The quantitative estimate of drug-likeness (QED) is 0.268. The Morgan fingerprint density at radius 3 is 2.48 bits per heavy atom. The van der Waals surface area contributed by atoms with Crippen molar-refractivity contribution in [3.05, 3.63) is 36.4 Å². The zero-order valence-corrected chi connectivity index (χ0v) is 16.4. The Morgan fingerprint density at radius 1 is 1.30 bits per heavy atom. The van der Waals surface area contributed by atoms with Gasteiger partial charge < -0.3 is 9.16 Å². The van der Waals surface area contributed by atoms with E-state index in [1.807, 2.05) is 24.3 Å². The number of Topliss-reactive ketones (excluding diaryl/α,β-unsaturated/α-hetero) is 1. The Labute approximate surface area is 141 Å². The predicted octanol–water partition coefficient (Wildman–Crippen LogP) is 5.62. The zero-order valence-electron chi connectivity index (χ0n) is 15.4. The molecule has 1 aromatic carbocycles. The van der Waals surface area contributed by atoms with E-state index in [0.717, 1.165) is 12.8 Å². The summed E-state index contributed by atoms with van der Waals surface area (Å²) in [6, 6.07) is 5.57. The maximum Gasteiger partial charge on any atom is 0.250 e. The maximum atomic E-state index is 12.5. The molecular formula is C19H30O3Si. The van der Waals surface area contributed by atoms with Crippen LogP contribution in [0, 0.1) is 0 Å².